The zero-order valence-electron chi connectivity index (χ0n) is 12.8. The Hall–Kier alpha value is -2.02. The molecule has 2 aromatic rings. The van der Waals surface area contributed by atoms with Gasteiger partial charge in [0, 0.05) is 19.2 Å². The maximum Gasteiger partial charge on any atom is 0.416 e. The molecule has 0 radical (unpaired) electrons. The lowest BCUT2D eigenvalue weighted by Crippen LogP contribution is -2.30. The minimum Gasteiger partial charge on any atom is -0.356 e. The Morgan fingerprint density at radius 1 is 1.04 bits per heavy atom. The quantitative estimate of drug-likeness (QED) is 0.850. The molecule has 0 amide bonds. The van der Waals surface area contributed by atoms with E-state index in [1.165, 1.54) is 18.8 Å². The van der Waals surface area contributed by atoms with Gasteiger partial charge in [0.05, 0.1) is 16.3 Å². The molecular formula is C16H16ClF3N4. The molecule has 1 aliphatic rings. The Morgan fingerprint density at radius 3 is 2.50 bits per heavy atom. The number of rotatable bonds is 3. The fourth-order valence-electron chi connectivity index (χ4n) is 2.65. The number of alkyl halides is 3. The predicted molar refractivity (Wildman–Crippen MR) is 87.8 cm³/mol. The molecule has 1 saturated heterocycles. The lowest BCUT2D eigenvalue weighted by Gasteiger charge is -2.27. The van der Waals surface area contributed by atoms with Gasteiger partial charge in [0.1, 0.15) is 18.0 Å². The Bertz CT molecular complexity index is 715. The zero-order chi connectivity index (χ0) is 17.2. The molecule has 128 valence electrons. The number of anilines is 3. The van der Waals surface area contributed by atoms with E-state index in [4.69, 9.17) is 11.6 Å². The van der Waals surface area contributed by atoms with E-state index in [1.54, 1.807) is 6.07 Å². The average molecular weight is 357 g/mol. The van der Waals surface area contributed by atoms with Crippen LogP contribution in [-0.2, 0) is 6.18 Å². The van der Waals surface area contributed by atoms with Gasteiger partial charge in [-0.25, -0.2) is 9.97 Å². The first-order valence-electron chi connectivity index (χ1n) is 7.64. The van der Waals surface area contributed by atoms with Crippen molar-refractivity contribution < 1.29 is 13.2 Å². The predicted octanol–water partition coefficient (Wildman–Crippen LogP) is 4.88. The first kappa shape index (κ1) is 16.8. The highest BCUT2D eigenvalue weighted by Crippen LogP contribution is 2.35. The third-order valence-corrected chi connectivity index (χ3v) is 4.22. The molecule has 2 heterocycles. The van der Waals surface area contributed by atoms with Crippen LogP contribution in [0.3, 0.4) is 0 Å². The van der Waals surface area contributed by atoms with Crippen LogP contribution in [0.5, 0.6) is 0 Å². The van der Waals surface area contributed by atoms with Gasteiger partial charge in [-0.3, -0.25) is 0 Å². The van der Waals surface area contributed by atoms with Gasteiger partial charge >= 0.3 is 6.18 Å². The monoisotopic (exact) mass is 356 g/mol. The van der Waals surface area contributed by atoms with E-state index in [-0.39, 0.29) is 10.7 Å². The van der Waals surface area contributed by atoms with E-state index in [1.807, 2.05) is 0 Å². The Kier molecular flexibility index (Phi) is 4.80. The second-order valence-electron chi connectivity index (χ2n) is 5.63. The van der Waals surface area contributed by atoms with Gasteiger partial charge in [-0.05, 0) is 37.5 Å². The molecule has 0 saturated carbocycles. The van der Waals surface area contributed by atoms with Gasteiger partial charge in [-0.2, -0.15) is 13.2 Å². The van der Waals surface area contributed by atoms with Gasteiger partial charge in [0.15, 0.2) is 0 Å². The van der Waals surface area contributed by atoms with Crippen LogP contribution in [0.2, 0.25) is 5.02 Å². The number of hydrogen-bond donors (Lipinski definition) is 1. The highest BCUT2D eigenvalue weighted by molar-refractivity contribution is 6.33. The second kappa shape index (κ2) is 6.84. The van der Waals surface area contributed by atoms with E-state index in [2.05, 4.69) is 20.2 Å². The van der Waals surface area contributed by atoms with E-state index in [0.717, 1.165) is 43.9 Å². The summed E-state index contributed by atoms with van der Waals surface area (Å²) in [6.07, 6.45) is 0.379. The van der Waals surface area contributed by atoms with E-state index in [0.29, 0.717) is 5.82 Å². The summed E-state index contributed by atoms with van der Waals surface area (Å²) in [4.78, 5) is 10.5. The lowest BCUT2D eigenvalue weighted by molar-refractivity contribution is -0.137. The van der Waals surface area contributed by atoms with Crippen molar-refractivity contribution in [1.82, 2.24) is 9.97 Å². The van der Waals surface area contributed by atoms with Crippen molar-refractivity contribution in [3.63, 3.8) is 0 Å². The number of halogens is 4. The van der Waals surface area contributed by atoms with Gasteiger partial charge in [-0.1, -0.05) is 11.6 Å². The lowest BCUT2D eigenvalue weighted by atomic mass is 10.1. The molecule has 0 atom stereocenters. The van der Waals surface area contributed by atoms with Gasteiger partial charge in [0.25, 0.3) is 0 Å². The summed E-state index contributed by atoms with van der Waals surface area (Å²) in [5, 5.41) is 3.05. The van der Waals surface area contributed by atoms with Crippen LogP contribution in [0.4, 0.5) is 30.5 Å². The third kappa shape index (κ3) is 3.90. The molecule has 0 bridgehead atoms. The standard InChI is InChI=1S/C16H16ClF3N4/c17-12-5-4-11(16(18,19)20)8-13(12)23-14-9-15(22-10-21-14)24-6-2-1-3-7-24/h4-5,8-10H,1-3,6-7H2,(H,21,22,23). The van der Waals surface area contributed by atoms with Crippen LogP contribution >= 0.6 is 11.6 Å². The van der Waals surface area contributed by atoms with Crippen LogP contribution in [0, 0.1) is 0 Å². The summed E-state index contributed by atoms with van der Waals surface area (Å²) in [7, 11) is 0. The molecule has 1 aromatic carbocycles. The molecule has 1 fully saturated rings. The molecular weight excluding hydrogens is 341 g/mol. The van der Waals surface area contributed by atoms with Crippen LogP contribution in [0.15, 0.2) is 30.6 Å². The second-order valence-corrected chi connectivity index (χ2v) is 6.03. The number of aromatic nitrogens is 2. The number of hydrogen-bond acceptors (Lipinski definition) is 4. The Morgan fingerprint density at radius 2 is 1.79 bits per heavy atom. The van der Waals surface area contributed by atoms with Crippen molar-refractivity contribution in [2.24, 2.45) is 0 Å². The van der Waals surface area contributed by atoms with Crippen molar-refractivity contribution in [2.75, 3.05) is 23.3 Å². The summed E-state index contributed by atoms with van der Waals surface area (Å²) in [6, 6.07) is 4.87. The topological polar surface area (TPSA) is 41.0 Å². The SMILES string of the molecule is FC(F)(F)c1ccc(Cl)c(Nc2cc(N3CCCCC3)ncn2)c1. The molecule has 1 aromatic heterocycles. The smallest absolute Gasteiger partial charge is 0.356 e. The summed E-state index contributed by atoms with van der Waals surface area (Å²) >= 11 is 6.00. The van der Waals surface area contributed by atoms with Crippen LogP contribution in [0.1, 0.15) is 24.8 Å². The van der Waals surface area contributed by atoms with Crippen molar-refractivity contribution >= 4 is 28.9 Å². The molecule has 0 spiro atoms. The van der Waals surface area contributed by atoms with Crippen LogP contribution in [-0.4, -0.2) is 23.1 Å². The summed E-state index contributed by atoms with van der Waals surface area (Å²) in [5.74, 6) is 1.17. The fraction of sp³-hybridized carbons (Fsp3) is 0.375. The number of benzene rings is 1. The number of piperidine rings is 1. The summed E-state index contributed by atoms with van der Waals surface area (Å²) in [5.41, 5.74) is -0.602. The van der Waals surface area contributed by atoms with Crippen molar-refractivity contribution in [2.45, 2.75) is 25.4 Å². The van der Waals surface area contributed by atoms with Gasteiger partial charge in [0.2, 0.25) is 0 Å². The molecule has 0 unspecified atom stereocenters. The Labute approximate surface area is 142 Å². The number of nitrogens with one attached hydrogen (secondary N) is 1. The molecule has 24 heavy (non-hydrogen) atoms. The maximum absolute atomic E-state index is 12.8. The van der Waals surface area contributed by atoms with Crippen molar-refractivity contribution in [1.29, 1.82) is 0 Å². The molecule has 4 nitrogen and oxygen atoms in total. The van der Waals surface area contributed by atoms with Gasteiger partial charge < -0.3 is 10.2 Å². The summed E-state index contributed by atoms with van der Waals surface area (Å²) < 4.78 is 38.5. The largest absolute Gasteiger partial charge is 0.416 e. The molecule has 1 N–H and O–H groups in total. The normalized spacial score (nSPS) is 15.4. The molecule has 1 aliphatic heterocycles. The maximum atomic E-state index is 12.8. The van der Waals surface area contributed by atoms with Crippen LogP contribution < -0.4 is 10.2 Å². The minimum absolute atomic E-state index is 0.162. The highest BCUT2D eigenvalue weighted by Gasteiger charge is 2.31. The van der Waals surface area contributed by atoms with E-state index < -0.39 is 11.7 Å². The minimum atomic E-state index is -4.42. The molecule has 3 rings (SSSR count). The molecule has 8 heteroatoms. The van der Waals surface area contributed by atoms with E-state index >= 15 is 0 Å². The van der Waals surface area contributed by atoms with Crippen molar-refractivity contribution in [3.05, 3.63) is 41.2 Å². The summed E-state index contributed by atoms with van der Waals surface area (Å²) in [6.45, 7) is 1.83. The first-order chi connectivity index (χ1) is 11.4. The van der Waals surface area contributed by atoms with Crippen LogP contribution in [0.25, 0.3) is 0 Å². The fourth-order valence-corrected chi connectivity index (χ4v) is 2.81. The number of nitrogens with zero attached hydrogens (tertiary/aromatic N) is 3. The van der Waals surface area contributed by atoms with Crippen molar-refractivity contribution in [3.8, 4) is 0 Å². The molecule has 0 aliphatic carbocycles. The average Bonchev–Trinajstić information content (AvgIpc) is 2.57. The van der Waals surface area contributed by atoms with Gasteiger partial charge in [-0.15, -0.1) is 0 Å². The highest BCUT2D eigenvalue weighted by atomic mass is 35.5. The first-order valence-corrected chi connectivity index (χ1v) is 8.02. The Balaban J connectivity index is 1.83. The zero-order valence-corrected chi connectivity index (χ0v) is 13.5. The van der Waals surface area contributed by atoms with E-state index in [9.17, 15) is 13.2 Å². The third-order valence-electron chi connectivity index (χ3n) is 3.89.